The summed E-state index contributed by atoms with van der Waals surface area (Å²) in [7, 11) is 0. The summed E-state index contributed by atoms with van der Waals surface area (Å²) in [5, 5.41) is 18.9. The molecule has 2 fully saturated rings. The fraction of sp³-hybridized carbons (Fsp3) is 0.500. The molecule has 9 heteroatoms. The number of imidazole rings is 1. The van der Waals surface area contributed by atoms with Crippen LogP contribution < -0.4 is 5.32 Å². The van der Waals surface area contributed by atoms with E-state index in [1.54, 1.807) is 12.2 Å². The Hall–Kier alpha value is -3.49. The fourth-order valence-corrected chi connectivity index (χ4v) is 7.25. The highest BCUT2D eigenvalue weighted by Gasteiger charge is 2.49. The van der Waals surface area contributed by atoms with Crippen molar-refractivity contribution in [2.75, 3.05) is 5.32 Å². The molecule has 5 aliphatic rings. The standard InChI is InChI=1S/C26H27N7O2/c34-21-8-7-18-12-20(21)19-6-2-5-17(19)4-1-3-15-11-16-9-10-26(13-15,14-16)33-23-22(29-31-32-30-23)27-25(33)28-24(18)35/h5-7,12,15-16H,1-4,8-11,13-14H2,(H,27,28,29,32,35). The molecule has 1 spiro atoms. The molecule has 5 bridgehead atoms. The zero-order valence-corrected chi connectivity index (χ0v) is 19.5. The maximum absolute atomic E-state index is 13.5. The number of allylic oxidation sites excluding steroid dienone is 6. The number of Topliss-reactive ketones (excluding diaryl/α,β-unsaturated/α-hetero) is 1. The lowest BCUT2D eigenvalue weighted by molar-refractivity contribution is -0.114. The van der Waals surface area contributed by atoms with Gasteiger partial charge < -0.3 is 0 Å². The summed E-state index contributed by atoms with van der Waals surface area (Å²) >= 11 is 0. The molecule has 3 unspecified atom stereocenters. The van der Waals surface area contributed by atoms with E-state index in [2.05, 4.69) is 47.6 Å². The Morgan fingerprint density at radius 3 is 2.77 bits per heavy atom. The van der Waals surface area contributed by atoms with E-state index >= 15 is 0 Å². The molecule has 1 N–H and O–H groups in total. The Balaban J connectivity index is 1.37. The summed E-state index contributed by atoms with van der Waals surface area (Å²) < 4.78 is 2.10. The number of aromatic nitrogens is 6. The van der Waals surface area contributed by atoms with Gasteiger partial charge in [-0.2, -0.15) is 4.98 Å². The maximum atomic E-state index is 13.5. The molecule has 0 radical (unpaired) electrons. The van der Waals surface area contributed by atoms with Crippen LogP contribution in [0.3, 0.4) is 0 Å². The summed E-state index contributed by atoms with van der Waals surface area (Å²) in [6, 6.07) is 0. The van der Waals surface area contributed by atoms with Gasteiger partial charge in [-0.05, 0) is 90.9 Å². The van der Waals surface area contributed by atoms with Crippen molar-refractivity contribution in [1.82, 2.24) is 30.2 Å². The van der Waals surface area contributed by atoms with Gasteiger partial charge in [0.15, 0.2) is 5.78 Å². The number of carbonyl (C=O) groups is 2. The maximum Gasteiger partial charge on any atom is 0.257 e. The van der Waals surface area contributed by atoms with Crippen LogP contribution in [0.4, 0.5) is 5.95 Å². The fourth-order valence-electron chi connectivity index (χ4n) is 7.25. The average Bonchev–Trinajstić information content (AvgIpc) is 3.54. The van der Waals surface area contributed by atoms with Gasteiger partial charge in [-0.1, -0.05) is 24.6 Å². The molecule has 1 aliphatic heterocycles. The Labute approximate surface area is 202 Å². The Bertz CT molecular complexity index is 1400. The predicted octanol–water partition coefficient (Wildman–Crippen LogP) is 3.73. The Kier molecular flexibility index (Phi) is 4.62. The molecule has 35 heavy (non-hydrogen) atoms. The minimum Gasteiger partial charge on any atom is -0.294 e. The summed E-state index contributed by atoms with van der Waals surface area (Å²) in [5.74, 6) is 1.50. The molecule has 3 heterocycles. The molecule has 3 atom stereocenters. The lowest BCUT2D eigenvalue weighted by atomic mass is 9.74. The normalized spacial score (nSPS) is 30.3. The predicted molar refractivity (Wildman–Crippen MR) is 128 cm³/mol. The van der Waals surface area contributed by atoms with Gasteiger partial charge in [-0.25, -0.2) is 0 Å². The molecular formula is C26H27N7O2. The minimum atomic E-state index is -0.273. The topological polar surface area (TPSA) is 116 Å². The van der Waals surface area contributed by atoms with Crippen LogP contribution in [-0.4, -0.2) is 41.9 Å². The van der Waals surface area contributed by atoms with Crippen LogP contribution in [0, 0.1) is 11.8 Å². The number of rotatable bonds is 0. The molecule has 1 amide bonds. The smallest absolute Gasteiger partial charge is 0.257 e. The number of anilines is 1. The van der Waals surface area contributed by atoms with Crippen molar-refractivity contribution in [2.45, 2.75) is 69.7 Å². The van der Waals surface area contributed by atoms with Gasteiger partial charge in [0.2, 0.25) is 17.2 Å². The van der Waals surface area contributed by atoms with Crippen LogP contribution in [0.5, 0.6) is 0 Å². The highest BCUT2D eigenvalue weighted by atomic mass is 16.2. The quantitative estimate of drug-likeness (QED) is 0.625. The molecule has 2 saturated carbocycles. The van der Waals surface area contributed by atoms with Crippen LogP contribution in [0.1, 0.15) is 64.2 Å². The molecule has 0 aromatic carbocycles. The van der Waals surface area contributed by atoms with E-state index in [1.807, 2.05) is 0 Å². The van der Waals surface area contributed by atoms with Crippen molar-refractivity contribution in [3.05, 3.63) is 46.6 Å². The van der Waals surface area contributed by atoms with Crippen molar-refractivity contribution < 1.29 is 9.59 Å². The van der Waals surface area contributed by atoms with E-state index in [0.717, 1.165) is 50.5 Å². The van der Waals surface area contributed by atoms with Gasteiger partial charge in [0.25, 0.3) is 5.91 Å². The lowest BCUT2D eigenvalue weighted by Crippen LogP contribution is -2.38. The third-order valence-corrected chi connectivity index (χ3v) is 8.63. The summed E-state index contributed by atoms with van der Waals surface area (Å²) in [6.07, 6.45) is 17.7. The molecule has 0 saturated heterocycles. The average molecular weight is 470 g/mol. The Morgan fingerprint density at radius 1 is 1.00 bits per heavy atom. The first kappa shape index (κ1) is 20.8. The Morgan fingerprint density at radius 2 is 1.86 bits per heavy atom. The van der Waals surface area contributed by atoms with E-state index < -0.39 is 0 Å². The molecule has 7 rings (SSSR count). The van der Waals surface area contributed by atoms with Crippen molar-refractivity contribution in [3.8, 4) is 0 Å². The third-order valence-electron chi connectivity index (χ3n) is 8.63. The second-order valence-electron chi connectivity index (χ2n) is 10.7. The van der Waals surface area contributed by atoms with E-state index in [0.29, 0.717) is 40.2 Å². The van der Waals surface area contributed by atoms with Crippen LogP contribution >= 0.6 is 0 Å². The third kappa shape index (κ3) is 3.31. The van der Waals surface area contributed by atoms with Crippen molar-refractivity contribution in [2.24, 2.45) is 11.8 Å². The number of hydrogen-bond donors (Lipinski definition) is 1. The van der Waals surface area contributed by atoms with E-state index in [9.17, 15) is 9.59 Å². The molecule has 9 nitrogen and oxygen atoms in total. The molecule has 2 aromatic rings. The number of carbonyl (C=O) groups excluding carboxylic acids is 2. The number of nitrogens with zero attached hydrogens (tertiary/aromatic N) is 6. The van der Waals surface area contributed by atoms with Crippen LogP contribution in [0.2, 0.25) is 0 Å². The second-order valence-corrected chi connectivity index (χ2v) is 10.7. The first-order valence-corrected chi connectivity index (χ1v) is 12.7. The zero-order chi connectivity index (χ0) is 23.6. The number of nitrogens with one attached hydrogen (secondary N) is 1. The zero-order valence-electron chi connectivity index (χ0n) is 19.5. The number of fused-ring (bicyclic) bond motifs is 8. The first-order valence-electron chi connectivity index (χ1n) is 12.7. The minimum absolute atomic E-state index is 0.0646. The molecule has 2 aromatic heterocycles. The van der Waals surface area contributed by atoms with Gasteiger partial charge >= 0.3 is 0 Å². The molecule has 178 valence electrons. The summed E-state index contributed by atoms with van der Waals surface area (Å²) in [5.41, 5.74) is 4.22. The van der Waals surface area contributed by atoms with Crippen molar-refractivity contribution in [1.29, 1.82) is 0 Å². The largest absolute Gasteiger partial charge is 0.294 e. The van der Waals surface area contributed by atoms with E-state index in [-0.39, 0.29) is 23.7 Å². The summed E-state index contributed by atoms with van der Waals surface area (Å²) in [6.45, 7) is 0. The molecule has 4 aliphatic carbocycles. The van der Waals surface area contributed by atoms with E-state index in [4.69, 9.17) is 0 Å². The van der Waals surface area contributed by atoms with E-state index in [1.165, 1.54) is 18.4 Å². The second kappa shape index (κ2) is 7.76. The number of hydrogen-bond acceptors (Lipinski definition) is 7. The first-order chi connectivity index (χ1) is 17.1. The van der Waals surface area contributed by atoms with Gasteiger partial charge in [0.05, 0.1) is 5.54 Å². The van der Waals surface area contributed by atoms with Crippen LogP contribution in [0.25, 0.3) is 11.3 Å². The monoisotopic (exact) mass is 469 g/mol. The van der Waals surface area contributed by atoms with Crippen molar-refractivity contribution >= 4 is 28.9 Å². The van der Waals surface area contributed by atoms with Gasteiger partial charge in [0, 0.05) is 17.6 Å². The lowest BCUT2D eigenvalue weighted by Gasteiger charge is -2.40. The number of ketones is 1. The number of amides is 1. The highest BCUT2D eigenvalue weighted by molar-refractivity contribution is 6.11. The van der Waals surface area contributed by atoms with Gasteiger partial charge in [-0.15, -0.1) is 10.2 Å². The van der Waals surface area contributed by atoms with Crippen molar-refractivity contribution in [3.63, 3.8) is 0 Å². The highest BCUT2D eigenvalue weighted by Crippen LogP contribution is 2.54. The van der Waals surface area contributed by atoms with Crippen LogP contribution in [-0.2, 0) is 15.1 Å². The molecular weight excluding hydrogens is 442 g/mol. The SMILES string of the molecule is O=C1CC=C2C=C1C1=CCC=C1CCCC1CC3CCC(C1)(C3)n1c(nc3nnnnc31)NC2=O. The van der Waals surface area contributed by atoms with Gasteiger partial charge in [0.1, 0.15) is 0 Å². The van der Waals surface area contributed by atoms with Crippen LogP contribution in [0.15, 0.2) is 46.6 Å². The summed E-state index contributed by atoms with van der Waals surface area (Å²) in [4.78, 5) is 31.0. The van der Waals surface area contributed by atoms with Gasteiger partial charge in [-0.3, -0.25) is 19.5 Å².